The molecule has 0 atom stereocenters. The lowest BCUT2D eigenvalue weighted by atomic mass is 10.0. The molecule has 0 saturated carbocycles. The average Bonchev–Trinajstić information content (AvgIpc) is 2.75. The molecule has 0 radical (unpaired) electrons. The summed E-state index contributed by atoms with van der Waals surface area (Å²) in [5.74, 6) is -1.08. The number of carbonyl (C=O) groups is 1. The van der Waals surface area contributed by atoms with Gasteiger partial charge in [-0.2, -0.15) is 0 Å². The van der Waals surface area contributed by atoms with Gasteiger partial charge in [0.05, 0.1) is 11.2 Å². The van der Waals surface area contributed by atoms with E-state index in [0.29, 0.717) is 17.1 Å². The third-order valence-electron chi connectivity index (χ3n) is 2.92. The number of hydrogen-bond donors (Lipinski definition) is 1. The van der Waals surface area contributed by atoms with Crippen molar-refractivity contribution in [2.24, 2.45) is 0 Å². The van der Waals surface area contributed by atoms with Crippen molar-refractivity contribution in [2.75, 3.05) is 0 Å². The van der Waals surface area contributed by atoms with Gasteiger partial charge in [0.1, 0.15) is 0 Å². The molecule has 1 aromatic carbocycles. The van der Waals surface area contributed by atoms with Gasteiger partial charge in [-0.3, -0.25) is 0 Å². The van der Waals surface area contributed by atoms with Crippen molar-refractivity contribution in [3.05, 3.63) is 46.2 Å². The van der Waals surface area contributed by atoms with Gasteiger partial charge < -0.3 is 5.11 Å². The smallest absolute Gasteiger partial charge is 0.358 e. The lowest BCUT2D eigenvalue weighted by Crippen LogP contribution is -2.26. The molecule has 106 valence electrons. The number of nitrogens with zero attached hydrogens (tertiary/aromatic N) is 3. The molecule has 5 nitrogen and oxygen atoms in total. The molecule has 6 heteroatoms. The summed E-state index contributed by atoms with van der Waals surface area (Å²) in [5.41, 5.74) is 1.03. The topological polar surface area (TPSA) is 68.0 Å². The average molecular weight is 294 g/mol. The van der Waals surface area contributed by atoms with E-state index in [-0.39, 0.29) is 11.2 Å². The second kappa shape index (κ2) is 5.25. The maximum absolute atomic E-state index is 11.3. The summed E-state index contributed by atoms with van der Waals surface area (Å²) in [7, 11) is 0. The van der Waals surface area contributed by atoms with E-state index in [4.69, 9.17) is 11.6 Å². The van der Waals surface area contributed by atoms with E-state index < -0.39 is 5.97 Å². The molecule has 0 fully saturated rings. The van der Waals surface area contributed by atoms with Gasteiger partial charge in [-0.1, -0.05) is 35.0 Å². The van der Waals surface area contributed by atoms with Crippen molar-refractivity contribution in [1.82, 2.24) is 15.0 Å². The maximum atomic E-state index is 11.3. The van der Waals surface area contributed by atoms with Crippen LogP contribution in [-0.2, 0) is 12.0 Å². The highest BCUT2D eigenvalue weighted by Crippen LogP contribution is 2.24. The van der Waals surface area contributed by atoms with Crippen molar-refractivity contribution in [3.63, 3.8) is 0 Å². The van der Waals surface area contributed by atoms with Crippen LogP contribution in [0.3, 0.4) is 0 Å². The zero-order chi connectivity index (χ0) is 14.9. The molecule has 0 aliphatic heterocycles. The van der Waals surface area contributed by atoms with Crippen molar-refractivity contribution in [2.45, 2.75) is 32.7 Å². The molecular formula is C14H16ClN3O2. The molecule has 0 saturated heterocycles. The zero-order valence-electron chi connectivity index (χ0n) is 11.6. The molecule has 0 aliphatic rings. The fraction of sp³-hybridized carbons (Fsp3) is 0.357. The van der Waals surface area contributed by atoms with Gasteiger partial charge >= 0.3 is 5.97 Å². The van der Waals surface area contributed by atoms with E-state index in [1.54, 1.807) is 10.7 Å². The Morgan fingerprint density at radius 3 is 2.55 bits per heavy atom. The monoisotopic (exact) mass is 293 g/mol. The summed E-state index contributed by atoms with van der Waals surface area (Å²) >= 11 is 6.14. The molecule has 0 spiro atoms. The highest BCUT2D eigenvalue weighted by atomic mass is 35.5. The number of carboxylic acid groups (broad SMARTS) is 1. The first-order valence-corrected chi connectivity index (χ1v) is 6.60. The second-order valence-corrected chi connectivity index (χ2v) is 5.95. The third-order valence-corrected chi connectivity index (χ3v) is 3.29. The van der Waals surface area contributed by atoms with Gasteiger partial charge in [0, 0.05) is 11.4 Å². The number of halogens is 1. The van der Waals surface area contributed by atoms with Gasteiger partial charge in [0.2, 0.25) is 0 Å². The number of hydrogen-bond acceptors (Lipinski definition) is 3. The summed E-state index contributed by atoms with van der Waals surface area (Å²) < 4.78 is 1.64. The molecule has 0 amide bonds. The first-order valence-electron chi connectivity index (χ1n) is 6.22. The Morgan fingerprint density at radius 1 is 1.35 bits per heavy atom. The summed E-state index contributed by atoms with van der Waals surface area (Å²) in [5, 5.41) is 17.6. The van der Waals surface area contributed by atoms with Gasteiger partial charge in [-0.15, -0.1) is 5.10 Å². The molecule has 20 heavy (non-hydrogen) atoms. The highest BCUT2D eigenvalue weighted by Gasteiger charge is 2.26. The Hall–Kier alpha value is -1.88. The molecule has 2 aromatic rings. The number of benzene rings is 1. The Bertz CT molecular complexity index is 644. The van der Waals surface area contributed by atoms with Crippen LogP contribution in [0.2, 0.25) is 5.02 Å². The molecule has 1 aromatic heterocycles. The lowest BCUT2D eigenvalue weighted by molar-refractivity contribution is 0.0689. The number of carboxylic acids is 1. The molecule has 2 rings (SSSR count). The SMILES string of the molecule is CC(C)(C)n1nnc(C(=O)O)c1Cc1ccccc1Cl. The molecule has 1 heterocycles. The predicted octanol–water partition coefficient (Wildman–Crippen LogP) is 2.98. The molecule has 1 N–H and O–H groups in total. The fourth-order valence-corrected chi connectivity index (χ4v) is 2.19. The summed E-state index contributed by atoms with van der Waals surface area (Å²) in [4.78, 5) is 11.3. The minimum Gasteiger partial charge on any atom is -0.476 e. The Morgan fingerprint density at radius 2 is 2.00 bits per heavy atom. The van der Waals surface area contributed by atoms with Gasteiger partial charge in [0.25, 0.3) is 0 Å². The highest BCUT2D eigenvalue weighted by molar-refractivity contribution is 6.31. The largest absolute Gasteiger partial charge is 0.476 e. The Labute approximate surface area is 122 Å². The lowest BCUT2D eigenvalue weighted by Gasteiger charge is -2.21. The normalized spacial score (nSPS) is 11.6. The molecule has 0 unspecified atom stereocenters. The minimum absolute atomic E-state index is 0.0279. The van der Waals surface area contributed by atoms with E-state index >= 15 is 0 Å². The van der Waals surface area contributed by atoms with Crippen LogP contribution in [-0.4, -0.2) is 26.1 Å². The van der Waals surface area contributed by atoms with Gasteiger partial charge in [-0.05, 0) is 32.4 Å². The van der Waals surface area contributed by atoms with Crippen LogP contribution in [0.1, 0.15) is 42.5 Å². The Kier molecular flexibility index (Phi) is 3.81. The van der Waals surface area contributed by atoms with E-state index in [9.17, 15) is 9.90 Å². The van der Waals surface area contributed by atoms with E-state index in [1.807, 2.05) is 39.0 Å². The van der Waals surface area contributed by atoms with Crippen molar-refractivity contribution < 1.29 is 9.90 Å². The van der Waals surface area contributed by atoms with Crippen LogP contribution in [0.4, 0.5) is 0 Å². The van der Waals surface area contributed by atoms with Crippen LogP contribution in [0.25, 0.3) is 0 Å². The third kappa shape index (κ3) is 2.82. The predicted molar refractivity (Wildman–Crippen MR) is 76.2 cm³/mol. The number of aromatic nitrogens is 3. The standard InChI is InChI=1S/C14H16ClN3O2/c1-14(2,3)18-11(12(13(19)20)16-17-18)8-9-6-4-5-7-10(9)15/h4-7H,8H2,1-3H3,(H,19,20). The van der Waals surface area contributed by atoms with Crippen molar-refractivity contribution >= 4 is 17.6 Å². The fourth-order valence-electron chi connectivity index (χ4n) is 1.99. The summed E-state index contributed by atoms with van der Waals surface area (Å²) in [6.07, 6.45) is 0.381. The van der Waals surface area contributed by atoms with Crippen LogP contribution in [0.15, 0.2) is 24.3 Å². The van der Waals surface area contributed by atoms with E-state index in [1.165, 1.54) is 0 Å². The van der Waals surface area contributed by atoms with E-state index in [2.05, 4.69) is 10.3 Å². The molecule has 0 bridgehead atoms. The first-order chi connectivity index (χ1) is 9.30. The van der Waals surface area contributed by atoms with Crippen molar-refractivity contribution in [3.8, 4) is 0 Å². The number of aromatic carboxylic acids is 1. The van der Waals surface area contributed by atoms with Crippen LogP contribution in [0.5, 0.6) is 0 Å². The van der Waals surface area contributed by atoms with Crippen LogP contribution >= 0.6 is 11.6 Å². The Balaban J connectivity index is 2.52. The summed E-state index contributed by atoms with van der Waals surface area (Å²) in [6, 6.07) is 7.35. The minimum atomic E-state index is -1.08. The van der Waals surface area contributed by atoms with Gasteiger partial charge in [0.15, 0.2) is 5.69 Å². The van der Waals surface area contributed by atoms with Crippen LogP contribution < -0.4 is 0 Å². The van der Waals surface area contributed by atoms with Crippen LogP contribution in [0, 0.1) is 0 Å². The van der Waals surface area contributed by atoms with Crippen molar-refractivity contribution in [1.29, 1.82) is 0 Å². The summed E-state index contributed by atoms with van der Waals surface area (Å²) in [6.45, 7) is 5.84. The number of rotatable bonds is 3. The second-order valence-electron chi connectivity index (χ2n) is 5.54. The van der Waals surface area contributed by atoms with E-state index in [0.717, 1.165) is 5.56 Å². The zero-order valence-corrected chi connectivity index (χ0v) is 12.3. The molecular weight excluding hydrogens is 278 g/mol. The van der Waals surface area contributed by atoms with Gasteiger partial charge in [-0.25, -0.2) is 9.48 Å². The molecule has 0 aliphatic carbocycles. The quantitative estimate of drug-likeness (QED) is 0.944. The maximum Gasteiger partial charge on any atom is 0.358 e. The first kappa shape index (κ1) is 14.5.